The van der Waals surface area contributed by atoms with Crippen LogP contribution in [0.2, 0.25) is 0 Å². The summed E-state index contributed by atoms with van der Waals surface area (Å²) in [5.41, 5.74) is 4.35. The predicted molar refractivity (Wildman–Crippen MR) is 258 cm³/mol. The number of ether oxygens (including phenoxy) is 2. The summed E-state index contributed by atoms with van der Waals surface area (Å²) in [5.74, 6) is 0. The van der Waals surface area contributed by atoms with Crippen LogP contribution in [-0.2, 0) is 9.47 Å². The first-order chi connectivity index (χ1) is 28.2. The molecule has 2 aromatic rings. The number of unbranched alkanes of at least 4 members (excludes halogenated alkanes) is 30. The van der Waals surface area contributed by atoms with Gasteiger partial charge in [-0.15, -0.1) is 0 Å². The van der Waals surface area contributed by atoms with Crippen molar-refractivity contribution in [2.24, 2.45) is 0 Å². The van der Waals surface area contributed by atoms with E-state index in [-0.39, 0.29) is 0 Å². The molecule has 0 fully saturated rings. The quantitative estimate of drug-likeness (QED) is 0.0515. The second-order valence-corrected chi connectivity index (χ2v) is 17.6. The number of para-hydroxylation sites is 2. The molecule has 0 aliphatic carbocycles. The number of anilines is 2. The lowest BCUT2D eigenvalue weighted by Crippen LogP contribution is -2.44. The number of benzene rings is 2. The minimum atomic E-state index is 0.462. The molecule has 6 heteroatoms. The van der Waals surface area contributed by atoms with Gasteiger partial charge in [-0.3, -0.25) is 9.80 Å². The number of nitrogens with zero attached hydrogens (tertiary/aromatic N) is 2. The van der Waals surface area contributed by atoms with Gasteiger partial charge in [-0.05, 0) is 49.4 Å². The van der Waals surface area contributed by atoms with Crippen LogP contribution in [0.5, 0.6) is 0 Å². The van der Waals surface area contributed by atoms with Crippen LogP contribution in [0.3, 0.4) is 0 Å². The van der Waals surface area contributed by atoms with Gasteiger partial charge >= 0.3 is 0 Å². The van der Waals surface area contributed by atoms with Gasteiger partial charge in [0.1, 0.15) is 6.67 Å². The predicted octanol–water partition coefficient (Wildman–Crippen LogP) is 17.1. The van der Waals surface area contributed by atoms with Crippen LogP contribution < -0.4 is 9.80 Å². The zero-order chi connectivity index (χ0) is 40.4. The van der Waals surface area contributed by atoms with Crippen LogP contribution in [0.4, 0.5) is 11.4 Å². The molecular formula is C51H84N2O2S2. The van der Waals surface area contributed by atoms with Gasteiger partial charge in [-0.25, -0.2) is 0 Å². The Morgan fingerprint density at radius 1 is 0.386 bits per heavy atom. The van der Waals surface area contributed by atoms with E-state index in [4.69, 9.17) is 33.9 Å². The summed E-state index contributed by atoms with van der Waals surface area (Å²) in [4.78, 5) is 4.20. The maximum absolute atomic E-state index is 6.28. The van der Waals surface area contributed by atoms with Gasteiger partial charge in [-0.2, -0.15) is 0 Å². The van der Waals surface area contributed by atoms with Crippen LogP contribution in [0, 0.1) is 0 Å². The minimum absolute atomic E-state index is 0.462. The molecule has 3 rings (SSSR count). The highest BCUT2D eigenvalue weighted by Crippen LogP contribution is 2.41. The third-order valence-electron chi connectivity index (χ3n) is 11.9. The van der Waals surface area contributed by atoms with Crippen LogP contribution >= 0.6 is 24.4 Å². The topological polar surface area (TPSA) is 24.9 Å². The van der Waals surface area contributed by atoms with E-state index in [0.717, 1.165) is 35.3 Å². The summed E-state index contributed by atoms with van der Waals surface area (Å²) in [6, 6.07) is 17.0. The first-order valence-corrected chi connectivity index (χ1v) is 25.1. The molecule has 1 aliphatic rings. The molecule has 0 saturated heterocycles. The van der Waals surface area contributed by atoms with Crippen LogP contribution in [0.25, 0.3) is 11.1 Å². The highest BCUT2D eigenvalue weighted by atomic mass is 32.1. The molecule has 1 heterocycles. The Hall–Kier alpha value is -2.18. The van der Waals surface area contributed by atoms with Gasteiger partial charge in [0.05, 0.1) is 24.6 Å². The largest absolute Gasteiger partial charge is 0.471 e. The Balaban J connectivity index is 1.31. The summed E-state index contributed by atoms with van der Waals surface area (Å²) in [6.45, 7) is 6.34. The zero-order valence-corrected chi connectivity index (χ0v) is 38.5. The Bertz CT molecular complexity index is 1200. The molecule has 0 radical (unpaired) electrons. The van der Waals surface area contributed by atoms with Crippen molar-refractivity contribution in [2.45, 2.75) is 219 Å². The van der Waals surface area contributed by atoms with E-state index in [0.29, 0.717) is 30.2 Å². The second-order valence-electron chi connectivity index (χ2n) is 16.9. The third-order valence-corrected chi connectivity index (χ3v) is 12.5. The molecule has 4 nitrogen and oxygen atoms in total. The first kappa shape index (κ1) is 49.2. The van der Waals surface area contributed by atoms with E-state index >= 15 is 0 Å². The maximum Gasteiger partial charge on any atom is 0.265 e. The first-order valence-electron chi connectivity index (χ1n) is 24.2. The van der Waals surface area contributed by atoms with E-state index in [1.54, 1.807) is 0 Å². The van der Waals surface area contributed by atoms with Gasteiger partial charge in [0.15, 0.2) is 0 Å². The lowest BCUT2D eigenvalue weighted by Gasteiger charge is -2.31. The Kier molecular flexibility index (Phi) is 29.0. The molecule has 0 bridgehead atoms. The maximum atomic E-state index is 6.28. The van der Waals surface area contributed by atoms with Crippen molar-refractivity contribution in [3.63, 3.8) is 0 Å². The average Bonchev–Trinajstić information content (AvgIpc) is 3.38. The van der Waals surface area contributed by atoms with Crippen molar-refractivity contribution in [2.75, 3.05) is 29.7 Å². The standard InChI is InChI=1S/C51H84N2O2S2/c1-3-5-7-9-11-13-15-17-19-21-23-25-27-29-31-37-43-54-50(56)52-45-53(49-42-36-34-40-47(49)46-39-33-35-41-48(46)52)51(57)55-44-38-32-30-28-26-24-22-20-18-16-14-12-10-8-6-4-2/h33-36,39-42H,3-32,37-38,43-45H2,1-2H3. The molecule has 1 aliphatic heterocycles. The minimum Gasteiger partial charge on any atom is -0.471 e. The Morgan fingerprint density at radius 2 is 0.632 bits per heavy atom. The lowest BCUT2D eigenvalue weighted by atomic mass is 10.0. The molecule has 0 saturated carbocycles. The van der Waals surface area contributed by atoms with Crippen LogP contribution in [0.1, 0.15) is 219 Å². The Morgan fingerprint density at radius 3 is 0.912 bits per heavy atom. The van der Waals surface area contributed by atoms with Crippen molar-refractivity contribution >= 4 is 46.2 Å². The molecular weight excluding hydrogens is 737 g/mol. The molecule has 2 aromatic carbocycles. The van der Waals surface area contributed by atoms with E-state index in [2.05, 4.69) is 72.2 Å². The summed E-state index contributed by atoms with van der Waals surface area (Å²) < 4.78 is 12.6. The van der Waals surface area contributed by atoms with Crippen molar-refractivity contribution in [1.29, 1.82) is 0 Å². The molecule has 0 spiro atoms. The smallest absolute Gasteiger partial charge is 0.265 e. The van der Waals surface area contributed by atoms with Crippen molar-refractivity contribution in [1.82, 2.24) is 0 Å². The second kappa shape index (κ2) is 33.6. The fourth-order valence-corrected chi connectivity index (χ4v) is 8.73. The van der Waals surface area contributed by atoms with Gasteiger partial charge in [0.2, 0.25) is 0 Å². The summed E-state index contributed by atoms with van der Waals surface area (Å²) >= 11 is 12.0. The normalized spacial score (nSPS) is 12.3. The third kappa shape index (κ3) is 21.6. The van der Waals surface area contributed by atoms with Gasteiger partial charge in [-0.1, -0.05) is 243 Å². The van der Waals surface area contributed by atoms with E-state index in [9.17, 15) is 0 Å². The van der Waals surface area contributed by atoms with Gasteiger partial charge in [0, 0.05) is 11.1 Å². The van der Waals surface area contributed by atoms with Gasteiger partial charge < -0.3 is 9.47 Å². The molecule has 0 N–H and O–H groups in total. The molecule has 0 atom stereocenters. The van der Waals surface area contributed by atoms with Crippen molar-refractivity contribution in [3.8, 4) is 11.1 Å². The fraction of sp³-hybridized carbons (Fsp3) is 0.725. The molecule has 57 heavy (non-hydrogen) atoms. The number of hydrogen-bond acceptors (Lipinski definition) is 4. The van der Waals surface area contributed by atoms with Crippen LogP contribution in [-0.4, -0.2) is 30.2 Å². The van der Waals surface area contributed by atoms with Crippen LogP contribution in [0.15, 0.2) is 48.5 Å². The molecule has 322 valence electrons. The highest BCUT2D eigenvalue weighted by Gasteiger charge is 2.29. The SMILES string of the molecule is CCCCCCCCCCCCCCCCCCOC(=S)N1CN(C(=S)OCCCCCCCCCCCCCCCCCC)c2ccccc2-c2ccccc21. The average molecular weight is 821 g/mol. The summed E-state index contributed by atoms with van der Waals surface area (Å²) in [6.07, 6.45) is 43.5. The zero-order valence-electron chi connectivity index (χ0n) is 36.9. The highest BCUT2D eigenvalue weighted by molar-refractivity contribution is 7.80. The van der Waals surface area contributed by atoms with Crippen molar-refractivity contribution < 1.29 is 9.47 Å². The number of thiocarbonyl (C=S) groups is 2. The Labute approximate surface area is 362 Å². The number of fused-ring (bicyclic) bond motifs is 3. The van der Waals surface area contributed by atoms with Gasteiger partial charge in [0.25, 0.3) is 10.3 Å². The number of hydrogen-bond donors (Lipinski definition) is 0. The molecule has 0 aromatic heterocycles. The summed E-state index contributed by atoms with van der Waals surface area (Å²) in [5, 5.41) is 1.00. The number of rotatable bonds is 34. The van der Waals surface area contributed by atoms with E-state index in [1.807, 2.05) is 0 Å². The monoisotopic (exact) mass is 821 g/mol. The van der Waals surface area contributed by atoms with Crippen molar-refractivity contribution in [3.05, 3.63) is 48.5 Å². The van der Waals surface area contributed by atoms with E-state index in [1.165, 1.54) is 193 Å². The molecule has 0 amide bonds. The lowest BCUT2D eigenvalue weighted by molar-refractivity contribution is 0.288. The fourth-order valence-electron chi connectivity index (χ4n) is 8.25. The molecule has 0 unspecified atom stereocenters. The van der Waals surface area contributed by atoms with E-state index < -0.39 is 0 Å². The summed E-state index contributed by atoms with van der Waals surface area (Å²) in [7, 11) is 0.